The number of amides is 1. The van der Waals surface area contributed by atoms with Crippen LogP contribution in [0, 0.1) is 25.7 Å². The molecule has 5 nitrogen and oxygen atoms in total. The first kappa shape index (κ1) is 15.6. The van der Waals surface area contributed by atoms with E-state index < -0.39 is 5.97 Å². The molecule has 1 aromatic carbocycles. The Morgan fingerprint density at radius 2 is 2.04 bits per heavy atom. The van der Waals surface area contributed by atoms with Gasteiger partial charge in [-0.2, -0.15) is 0 Å². The molecular weight excluding hydrogens is 294 g/mol. The summed E-state index contributed by atoms with van der Waals surface area (Å²) < 4.78 is 5.85. The van der Waals surface area contributed by atoms with E-state index in [1.54, 1.807) is 4.90 Å². The first-order valence-electron chi connectivity index (χ1n) is 7.91. The highest BCUT2D eigenvalue weighted by Gasteiger charge is 2.34. The fourth-order valence-corrected chi connectivity index (χ4v) is 3.43. The number of rotatable bonds is 2. The summed E-state index contributed by atoms with van der Waals surface area (Å²) in [6.07, 6.45) is 0.487. The predicted octanol–water partition coefficient (Wildman–Crippen LogP) is 3.23. The van der Waals surface area contributed by atoms with E-state index in [1.165, 1.54) is 0 Å². The van der Waals surface area contributed by atoms with E-state index in [2.05, 4.69) is 0 Å². The van der Waals surface area contributed by atoms with E-state index in [4.69, 9.17) is 4.42 Å². The largest absolute Gasteiger partial charge is 0.481 e. The Hall–Kier alpha value is -2.30. The summed E-state index contributed by atoms with van der Waals surface area (Å²) >= 11 is 0. The highest BCUT2D eigenvalue weighted by Crippen LogP contribution is 2.30. The van der Waals surface area contributed by atoms with Crippen LogP contribution in [0.15, 0.2) is 22.6 Å². The number of carbonyl (C=O) groups is 2. The summed E-state index contributed by atoms with van der Waals surface area (Å²) in [6, 6.07) is 5.87. The Morgan fingerprint density at radius 3 is 2.65 bits per heavy atom. The summed E-state index contributed by atoms with van der Waals surface area (Å²) in [6.45, 7) is 6.64. The van der Waals surface area contributed by atoms with E-state index in [1.807, 2.05) is 39.0 Å². The van der Waals surface area contributed by atoms with Crippen LogP contribution in [0.2, 0.25) is 0 Å². The molecule has 2 aromatic rings. The smallest absolute Gasteiger partial charge is 0.306 e. The Labute approximate surface area is 134 Å². The predicted molar refractivity (Wildman–Crippen MR) is 86.5 cm³/mol. The zero-order valence-corrected chi connectivity index (χ0v) is 13.6. The number of furan rings is 1. The monoisotopic (exact) mass is 315 g/mol. The van der Waals surface area contributed by atoms with Crippen LogP contribution >= 0.6 is 0 Å². The summed E-state index contributed by atoms with van der Waals surface area (Å²) in [7, 11) is 0. The number of nitrogens with zero attached hydrogens (tertiary/aromatic N) is 1. The second-order valence-electron chi connectivity index (χ2n) is 6.47. The second-order valence-corrected chi connectivity index (χ2v) is 6.47. The lowest BCUT2D eigenvalue weighted by Crippen LogP contribution is -2.45. The Morgan fingerprint density at radius 1 is 1.30 bits per heavy atom. The third kappa shape index (κ3) is 2.60. The number of carboxylic acids is 1. The first-order valence-corrected chi connectivity index (χ1v) is 7.91. The van der Waals surface area contributed by atoms with Gasteiger partial charge in [-0.05, 0) is 31.7 Å². The molecule has 1 N–H and O–H groups in total. The maximum absolute atomic E-state index is 12.8. The van der Waals surface area contributed by atoms with Crippen LogP contribution in [0.1, 0.15) is 35.0 Å². The van der Waals surface area contributed by atoms with Gasteiger partial charge in [0.2, 0.25) is 0 Å². The van der Waals surface area contributed by atoms with Gasteiger partial charge in [-0.3, -0.25) is 9.59 Å². The zero-order chi connectivity index (χ0) is 16.7. The summed E-state index contributed by atoms with van der Waals surface area (Å²) in [5.74, 6) is -0.987. The van der Waals surface area contributed by atoms with Crippen molar-refractivity contribution in [3.8, 4) is 0 Å². The maximum atomic E-state index is 12.8. The summed E-state index contributed by atoms with van der Waals surface area (Å²) in [4.78, 5) is 25.7. The molecule has 1 amide bonds. The first-order chi connectivity index (χ1) is 10.9. The molecular formula is C18H21NO4. The molecule has 2 atom stereocenters. The van der Waals surface area contributed by atoms with E-state index in [-0.39, 0.29) is 17.7 Å². The van der Waals surface area contributed by atoms with Crippen LogP contribution in [0.25, 0.3) is 11.0 Å². The molecule has 5 heteroatoms. The third-order valence-corrected chi connectivity index (χ3v) is 4.86. The normalized spacial score (nSPS) is 21.6. The molecule has 1 aromatic heterocycles. The molecule has 0 saturated carbocycles. The minimum atomic E-state index is -0.778. The standard InChI is InChI=1S/C18H21NO4/c1-10-5-4-6-14-12(3)16(23-15(10)14)17(20)19-8-7-13(18(21)22)11(2)9-19/h4-6,11,13H,7-9H2,1-3H3,(H,21,22). The van der Waals surface area contributed by atoms with E-state index >= 15 is 0 Å². The van der Waals surface area contributed by atoms with Crippen LogP contribution < -0.4 is 0 Å². The number of benzene rings is 1. The molecule has 2 heterocycles. The number of likely N-dealkylation sites (tertiary alicyclic amines) is 1. The highest BCUT2D eigenvalue weighted by molar-refractivity contribution is 5.99. The van der Waals surface area contributed by atoms with Gasteiger partial charge in [0, 0.05) is 24.0 Å². The molecule has 23 heavy (non-hydrogen) atoms. The third-order valence-electron chi connectivity index (χ3n) is 4.86. The number of fused-ring (bicyclic) bond motifs is 1. The van der Waals surface area contributed by atoms with Gasteiger partial charge in [0.15, 0.2) is 5.76 Å². The Bertz CT molecular complexity index is 777. The van der Waals surface area contributed by atoms with Crippen molar-refractivity contribution in [1.82, 2.24) is 4.90 Å². The second kappa shape index (κ2) is 5.72. The maximum Gasteiger partial charge on any atom is 0.306 e. The topological polar surface area (TPSA) is 70.8 Å². The van der Waals surface area contributed by atoms with Gasteiger partial charge in [-0.15, -0.1) is 0 Å². The van der Waals surface area contributed by atoms with Gasteiger partial charge in [-0.1, -0.05) is 25.1 Å². The number of carboxylic acid groups (broad SMARTS) is 1. The number of aliphatic carboxylic acids is 1. The molecule has 0 bridgehead atoms. The van der Waals surface area contributed by atoms with Crippen molar-refractivity contribution >= 4 is 22.8 Å². The number of hydrogen-bond acceptors (Lipinski definition) is 3. The molecule has 1 saturated heterocycles. The number of para-hydroxylation sites is 1. The molecule has 2 unspecified atom stereocenters. The molecule has 1 fully saturated rings. The minimum Gasteiger partial charge on any atom is -0.481 e. The number of aryl methyl sites for hydroxylation is 2. The quantitative estimate of drug-likeness (QED) is 0.923. The zero-order valence-electron chi connectivity index (χ0n) is 13.6. The lowest BCUT2D eigenvalue weighted by molar-refractivity contribution is -0.145. The number of hydrogen-bond donors (Lipinski definition) is 1. The van der Waals surface area contributed by atoms with Crippen LogP contribution in [0.5, 0.6) is 0 Å². The van der Waals surface area contributed by atoms with Crippen LogP contribution in [-0.4, -0.2) is 35.0 Å². The lowest BCUT2D eigenvalue weighted by Gasteiger charge is -2.34. The van der Waals surface area contributed by atoms with Crippen LogP contribution in [-0.2, 0) is 4.79 Å². The molecule has 0 aliphatic carbocycles. The Balaban J connectivity index is 1.88. The van der Waals surface area contributed by atoms with Gasteiger partial charge in [0.1, 0.15) is 5.58 Å². The van der Waals surface area contributed by atoms with E-state index in [0.717, 1.165) is 22.1 Å². The van der Waals surface area contributed by atoms with Crippen molar-refractivity contribution in [3.63, 3.8) is 0 Å². The van der Waals surface area contributed by atoms with Gasteiger partial charge < -0.3 is 14.4 Å². The van der Waals surface area contributed by atoms with E-state index in [0.29, 0.717) is 25.3 Å². The molecule has 0 radical (unpaired) electrons. The van der Waals surface area contributed by atoms with Gasteiger partial charge >= 0.3 is 5.97 Å². The number of piperidine rings is 1. The molecule has 1 aliphatic rings. The van der Waals surface area contributed by atoms with Crippen molar-refractivity contribution in [3.05, 3.63) is 35.1 Å². The van der Waals surface area contributed by atoms with Crippen molar-refractivity contribution in [2.75, 3.05) is 13.1 Å². The SMILES string of the molecule is Cc1c(C(=O)N2CCC(C(=O)O)C(C)C2)oc2c(C)cccc12. The molecule has 3 rings (SSSR count). The number of carbonyl (C=O) groups excluding carboxylic acids is 1. The molecule has 1 aliphatic heterocycles. The Kier molecular flexibility index (Phi) is 3.88. The average Bonchev–Trinajstić information content (AvgIpc) is 2.85. The summed E-state index contributed by atoms with van der Waals surface area (Å²) in [5, 5.41) is 10.2. The fourth-order valence-electron chi connectivity index (χ4n) is 3.43. The van der Waals surface area contributed by atoms with Crippen molar-refractivity contribution < 1.29 is 19.1 Å². The highest BCUT2D eigenvalue weighted by atomic mass is 16.4. The van der Waals surface area contributed by atoms with Crippen molar-refractivity contribution in [2.24, 2.45) is 11.8 Å². The van der Waals surface area contributed by atoms with Gasteiger partial charge in [-0.25, -0.2) is 0 Å². The lowest BCUT2D eigenvalue weighted by atomic mass is 9.87. The van der Waals surface area contributed by atoms with Crippen molar-refractivity contribution in [1.29, 1.82) is 0 Å². The van der Waals surface area contributed by atoms with Crippen LogP contribution in [0.3, 0.4) is 0 Å². The fraction of sp³-hybridized carbons (Fsp3) is 0.444. The average molecular weight is 315 g/mol. The van der Waals surface area contributed by atoms with Crippen LogP contribution in [0.4, 0.5) is 0 Å². The van der Waals surface area contributed by atoms with E-state index in [9.17, 15) is 14.7 Å². The van der Waals surface area contributed by atoms with Crippen molar-refractivity contribution in [2.45, 2.75) is 27.2 Å². The minimum absolute atomic E-state index is 0.0587. The summed E-state index contributed by atoms with van der Waals surface area (Å²) in [5.41, 5.74) is 2.60. The molecule has 122 valence electrons. The van der Waals surface area contributed by atoms with Gasteiger partial charge in [0.25, 0.3) is 5.91 Å². The van der Waals surface area contributed by atoms with Gasteiger partial charge in [0.05, 0.1) is 5.92 Å². The molecule has 0 spiro atoms.